The highest BCUT2D eigenvalue weighted by Crippen LogP contribution is 2.04. The van der Waals surface area contributed by atoms with Crippen molar-refractivity contribution in [2.24, 2.45) is 0 Å². The predicted octanol–water partition coefficient (Wildman–Crippen LogP) is 1.64. The van der Waals surface area contributed by atoms with Gasteiger partial charge in [0.05, 0.1) is 27.2 Å². The first-order valence-electron chi connectivity index (χ1n) is 5.05. The molecule has 0 aromatic heterocycles. The molecule has 12 heavy (non-hydrogen) atoms. The van der Waals surface area contributed by atoms with Gasteiger partial charge in [-0.15, -0.1) is 0 Å². The van der Waals surface area contributed by atoms with Gasteiger partial charge >= 0.3 is 0 Å². The molecule has 0 atom stereocenters. The maximum absolute atomic E-state index is 8.69. The van der Waals surface area contributed by atoms with Crippen molar-refractivity contribution in [1.82, 2.24) is 0 Å². The van der Waals surface area contributed by atoms with Crippen LogP contribution in [0.1, 0.15) is 32.6 Å². The molecule has 0 spiro atoms. The fourth-order valence-electron chi connectivity index (χ4n) is 1.40. The van der Waals surface area contributed by atoms with E-state index in [0.29, 0.717) is 6.61 Å². The van der Waals surface area contributed by atoms with Crippen LogP contribution in [-0.4, -0.2) is 43.4 Å². The summed E-state index contributed by atoms with van der Waals surface area (Å²) < 4.78 is 1.06. The summed E-state index contributed by atoms with van der Waals surface area (Å²) in [6, 6.07) is 0. The summed E-state index contributed by atoms with van der Waals surface area (Å²) in [4.78, 5) is 0. The molecule has 2 nitrogen and oxygen atoms in total. The van der Waals surface area contributed by atoms with Crippen LogP contribution in [0.2, 0.25) is 0 Å². The average Bonchev–Trinajstić information content (AvgIpc) is 2.01. The number of hydrogen-bond acceptors (Lipinski definition) is 1. The number of nitrogens with zero attached hydrogens (tertiary/aromatic N) is 1. The molecule has 0 unspecified atom stereocenters. The van der Waals surface area contributed by atoms with Crippen molar-refractivity contribution in [3.63, 3.8) is 0 Å². The van der Waals surface area contributed by atoms with E-state index < -0.39 is 0 Å². The molecule has 0 bridgehead atoms. The van der Waals surface area contributed by atoms with Gasteiger partial charge in [-0.2, -0.15) is 0 Å². The minimum atomic E-state index is 0.329. The lowest BCUT2D eigenvalue weighted by Crippen LogP contribution is -2.41. The summed E-state index contributed by atoms with van der Waals surface area (Å²) in [7, 11) is 4.48. The first kappa shape index (κ1) is 11.9. The van der Waals surface area contributed by atoms with Gasteiger partial charge in [-0.05, 0) is 12.8 Å². The molecule has 0 rings (SSSR count). The van der Waals surface area contributed by atoms with Crippen molar-refractivity contribution in [2.75, 3.05) is 33.8 Å². The van der Waals surface area contributed by atoms with Gasteiger partial charge in [-0.3, -0.25) is 0 Å². The highest BCUT2D eigenvalue weighted by molar-refractivity contribution is 4.39. The Balaban J connectivity index is 3.42. The van der Waals surface area contributed by atoms with Gasteiger partial charge in [0.25, 0.3) is 0 Å². The average molecular weight is 174 g/mol. The third kappa shape index (κ3) is 6.62. The van der Waals surface area contributed by atoms with E-state index in [1.165, 1.54) is 25.8 Å². The lowest BCUT2D eigenvalue weighted by Gasteiger charge is -2.29. The molecule has 0 aliphatic rings. The Labute approximate surface area is 76.8 Å². The minimum absolute atomic E-state index is 0.329. The highest BCUT2D eigenvalue weighted by atomic mass is 16.3. The topological polar surface area (TPSA) is 20.2 Å². The van der Waals surface area contributed by atoms with Crippen LogP contribution in [0.25, 0.3) is 0 Å². The van der Waals surface area contributed by atoms with Crippen molar-refractivity contribution in [3.8, 4) is 0 Å². The molecule has 0 fully saturated rings. The van der Waals surface area contributed by atoms with Crippen LogP contribution < -0.4 is 0 Å². The maximum Gasteiger partial charge on any atom is 0.0804 e. The third-order valence-corrected chi connectivity index (χ3v) is 2.29. The van der Waals surface area contributed by atoms with Gasteiger partial charge in [0.1, 0.15) is 0 Å². The van der Waals surface area contributed by atoms with Crippen LogP contribution in [0.3, 0.4) is 0 Å². The van der Waals surface area contributed by atoms with Crippen molar-refractivity contribution >= 4 is 0 Å². The van der Waals surface area contributed by atoms with E-state index in [4.69, 9.17) is 5.11 Å². The Hall–Kier alpha value is -0.0800. The third-order valence-electron chi connectivity index (χ3n) is 2.29. The highest BCUT2D eigenvalue weighted by Gasteiger charge is 2.12. The van der Waals surface area contributed by atoms with Crippen molar-refractivity contribution < 1.29 is 9.59 Å². The van der Waals surface area contributed by atoms with E-state index in [-0.39, 0.29) is 0 Å². The minimum Gasteiger partial charge on any atom is -0.396 e. The summed E-state index contributed by atoms with van der Waals surface area (Å²) in [5.41, 5.74) is 0. The van der Waals surface area contributed by atoms with Gasteiger partial charge in [0.15, 0.2) is 0 Å². The quantitative estimate of drug-likeness (QED) is 0.459. The normalized spacial score (nSPS) is 12.0. The molecular formula is C10H24NO+. The maximum atomic E-state index is 8.69. The fourth-order valence-corrected chi connectivity index (χ4v) is 1.40. The molecule has 0 heterocycles. The molecule has 74 valence electrons. The number of aliphatic hydroxyl groups is 1. The zero-order chi connectivity index (χ0) is 9.45. The monoisotopic (exact) mass is 174 g/mol. The molecule has 2 heteroatoms. The standard InChI is InChI=1S/C10H24NO/c1-4-5-6-8-11(2,3)9-7-10-12/h12H,4-10H2,1-3H3/q+1. The molecule has 0 radical (unpaired) electrons. The van der Waals surface area contributed by atoms with Gasteiger partial charge < -0.3 is 9.59 Å². The second-order valence-electron chi connectivity index (χ2n) is 4.17. The summed E-state index contributed by atoms with van der Waals surface area (Å²) in [5, 5.41) is 8.69. The van der Waals surface area contributed by atoms with E-state index in [1.807, 2.05) is 0 Å². The van der Waals surface area contributed by atoms with Gasteiger partial charge in [0.2, 0.25) is 0 Å². The van der Waals surface area contributed by atoms with Crippen LogP contribution in [0.4, 0.5) is 0 Å². The largest absolute Gasteiger partial charge is 0.396 e. The number of quaternary nitrogens is 1. The van der Waals surface area contributed by atoms with E-state index in [9.17, 15) is 0 Å². The summed E-state index contributed by atoms with van der Waals surface area (Å²) in [5.74, 6) is 0. The molecule has 0 saturated carbocycles. The Bertz CT molecular complexity index is 102. The fraction of sp³-hybridized carbons (Fsp3) is 1.00. The summed E-state index contributed by atoms with van der Waals surface area (Å²) >= 11 is 0. The second-order valence-corrected chi connectivity index (χ2v) is 4.17. The molecular weight excluding hydrogens is 150 g/mol. The second kappa shape index (κ2) is 6.44. The van der Waals surface area contributed by atoms with Crippen molar-refractivity contribution in [1.29, 1.82) is 0 Å². The number of aliphatic hydroxyl groups excluding tert-OH is 1. The number of rotatable bonds is 7. The Morgan fingerprint density at radius 1 is 1.00 bits per heavy atom. The van der Waals surface area contributed by atoms with Crippen molar-refractivity contribution in [3.05, 3.63) is 0 Å². The van der Waals surface area contributed by atoms with E-state index >= 15 is 0 Å². The van der Waals surface area contributed by atoms with E-state index in [1.54, 1.807) is 0 Å². The zero-order valence-electron chi connectivity index (χ0n) is 8.84. The Kier molecular flexibility index (Phi) is 6.39. The molecule has 0 aliphatic heterocycles. The lowest BCUT2D eigenvalue weighted by atomic mass is 10.2. The van der Waals surface area contributed by atoms with Gasteiger partial charge in [-0.25, -0.2) is 0 Å². The Morgan fingerprint density at radius 2 is 1.58 bits per heavy atom. The van der Waals surface area contributed by atoms with Gasteiger partial charge in [0, 0.05) is 13.0 Å². The van der Waals surface area contributed by atoms with Gasteiger partial charge in [-0.1, -0.05) is 13.3 Å². The first-order valence-corrected chi connectivity index (χ1v) is 5.05. The van der Waals surface area contributed by atoms with Crippen LogP contribution >= 0.6 is 0 Å². The van der Waals surface area contributed by atoms with Crippen LogP contribution in [-0.2, 0) is 0 Å². The smallest absolute Gasteiger partial charge is 0.0804 e. The first-order chi connectivity index (χ1) is 5.62. The SMILES string of the molecule is CCCCC[N+](C)(C)CCCO. The predicted molar refractivity (Wildman–Crippen MR) is 53.1 cm³/mol. The van der Waals surface area contributed by atoms with Crippen LogP contribution in [0.5, 0.6) is 0 Å². The van der Waals surface area contributed by atoms with Crippen LogP contribution in [0, 0.1) is 0 Å². The molecule has 0 amide bonds. The number of hydrogen-bond donors (Lipinski definition) is 1. The lowest BCUT2D eigenvalue weighted by molar-refractivity contribution is -0.890. The van der Waals surface area contributed by atoms with E-state index in [2.05, 4.69) is 21.0 Å². The van der Waals surface area contributed by atoms with E-state index in [0.717, 1.165) is 17.4 Å². The zero-order valence-corrected chi connectivity index (χ0v) is 8.84. The molecule has 1 N–H and O–H groups in total. The molecule has 0 saturated heterocycles. The van der Waals surface area contributed by atoms with Crippen LogP contribution in [0.15, 0.2) is 0 Å². The summed E-state index contributed by atoms with van der Waals surface area (Å²) in [6.45, 7) is 4.90. The summed E-state index contributed by atoms with van der Waals surface area (Å²) in [6.07, 6.45) is 4.87. The molecule has 0 aromatic carbocycles. The number of unbranched alkanes of at least 4 members (excludes halogenated alkanes) is 2. The molecule has 0 aromatic rings. The Morgan fingerprint density at radius 3 is 2.08 bits per heavy atom. The van der Waals surface area contributed by atoms with Crippen molar-refractivity contribution in [2.45, 2.75) is 32.6 Å². The molecule has 0 aliphatic carbocycles.